The Bertz CT molecular complexity index is 1570. The van der Waals surface area contributed by atoms with E-state index in [0.29, 0.717) is 46.5 Å². The van der Waals surface area contributed by atoms with E-state index in [0.717, 1.165) is 49.5 Å². The lowest BCUT2D eigenvalue weighted by Crippen LogP contribution is -2.39. The van der Waals surface area contributed by atoms with Crippen LogP contribution in [0, 0.1) is 12.8 Å². The first kappa shape index (κ1) is 24.8. The SMILES string of the molecule is Cc1nc(-c2cc(-c3cc4c(c(S(C)(=O)=O)c3)C(=O)N(C(C)C3CC3)C4)ccn2)[nH]c1C(=O)NC1CCC1. The lowest BCUT2D eigenvalue weighted by Gasteiger charge is -2.26. The molecule has 10 heteroatoms. The molecule has 6 rings (SSSR count). The van der Waals surface area contributed by atoms with Crippen molar-refractivity contribution in [3.05, 3.63) is 53.0 Å². The molecule has 38 heavy (non-hydrogen) atoms. The van der Waals surface area contributed by atoms with Gasteiger partial charge in [0, 0.05) is 31.1 Å². The molecule has 3 aromatic rings. The van der Waals surface area contributed by atoms with Crippen molar-refractivity contribution in [2.24, 2.45) is 5.92 Å². The summed E-state index contributed by atoms with van der Waals surface area (Å²) in [6.45, 7) is 4.23. The van der Waals surface area contributed by atoms with Gasteiger partial charge < -0.3 is 15.2 Å². The fourth-order valence-corrected chi connectivity index (χ4v) is 6.34. The minimum absolute atomic E-state index is 0.0580. The van der Waals surface area contributed by atoms with E-state index in [1.54, 1.807) is 30.2 Å². The molecule has 2 amide bonds. The van der Waals surface area contributed by atoms with E-state index in [4.69, 9.17) is 0 Å². The maximum Gasteiger partial charge on any atom is 0.269 e. The highest BCUT2D eigenvalue weighted by atomic mass is 32.2. The van der Waals surface area contributed by atoms with Crippen LogP contribution >= 0.6 is 0 Å². The van der Waals surface area contributed by atoms with Crippen molar-refractivity contribution in [3.63, 3.8) is 0 Å². The first-order chi connectivity index (χ1) is 18.1. The van der Waals surface area contributed by atoms with Crippen LogP contribution in [0.5, 0.6) is 0 Å². The Morgan fingerprint density at radius 1 is 1.16 bits per heavy atom. The van der Waals surface area contributed by atoms with Gasteiger partial charge in [0.25, 0.3) is 11.8 Å². The molecule has 2 N–H and O–H groups in total. The number of carbonyl (C=O) groups is 2. The van der Waals surface area contributed by atoms with Gasteiger partial charge in [0.15, 0.2) is 15.7 Å². The lowest BCUT2D eigenvalue weighted by atomic mass is 9.93. The predicted molar refractivity (Wildman–Crippen MR) is 142 cm³/mol. The summed E-state index contributed by atoms with van der Waals surface area (Å²) in [6.07, 6.45) is 8.10. The first-order valence-corrected chi connectivity index (χ1v) is 15.0. The van der Waals surface area contributed by atoms with Crippen LogP contribution < -0.4 is 5.32 Å². The number of hydrogen-bond donors (Lipinski definition) is 2. The van der Waals surface area contributed by atoms with Crippen molar-refractivity contribution >= 4 is 21.7 Å². The van der Waals surface area contributed by atoms with Crippen molar-refractivity contribution in [1.29, 1.82) is 0 Å². The predicted octanol–water partition coefficient (Wildman–Crippen LogP) is 3.89. The third-order valence-electron chi connectivity index (χ3n) is 8.08. The molecule has 2 aliphatic carbocycles. The highest BCUT2D eigenvalue weighted by molar-refractivity contribution is 7.90. The molecule has 0 spiro atoms. The molecule has 1 atom stereocenters. The van der Waals surface area contributed by atoms with Gasteiger partial charge in [-0.05, 0) is 92.8 Å². The van der Waals surface area contributed by atoms with Crippen LogP contribution in [0.15, 0.2) is 35.4 Å². The molecule has 198 valence electrons. The average Bonchev–Trinajstić information content (AvgIpc) is 3.56. The van der Waals surface area contributed by atoms with Gasteiger partial charge in [-0.1, -0.05) is 0 Å². The zero-order valence-corrected chi connectivity index (χ0v) is 22.6. The van der Waals surface area contributed by atoms with Gasteiger partial charge in [-0.15, -0.1) is 0 Å². The maximum atomic E-state index is 13.3. The number of pyridine rings is 1. The number of imidazole rings is 1. The van der Waals surface area contributed by atoms with Crippen LogP contribution in [0.1, 0.15) is 71.1 Å². The number of aryl methyl sites for hydroxylation is 1. The molecule has 1 aliphatic heterocycles. The third-order valence-corrected chi connectivity index (χ3v) is 9.20. The van der Waals surface area contributed by atoms with Gasteiger partial charge in [-0.25, -0.2) is 13.4 Å². The Morgan fingerprint density at radius 3 is 2.58 bits per heavy atom. The third kappa shape index (κ3) is 4.40. The summed E-state index contributed by atoms with van der Waals surface area (Å²) in [7, 11) is -3.65. The molecule has 0 saturated heterocycles. The molecule has 3 aliphatic rings. The molecule has 0 radical (unpaired) electrons. The molecule has 1 unspecified atom stereocenters. The van der Waals surface area contributed by atoms with E-state index < -0.39 is 9.84 Å². The van der Waals surface area contributed by atoms with Crippen molar-refractivity contribution in [2.75, 3.05) is 6.26 Å². The normalized spacial score (nSPS) is 18.3. The number of nitrogens with one attached hydrogen (secondary N) is 2. The second-order valence-corrected chi connectivity index (χ2v) is 12.9. The van der Waals surface area contributed by atoms with Crippen molar-refractivity contribution in [2.45, 2.75) is 69.5 Å². The summed E-state index contributed by atoms with van der Waals surface area (Å²) >= 11 is 0. The van der Waals surface area contributed by atoms with Crippen molar-refractivity contribution in [1.82, 2.24) is 25.2 Å². The summed E-state index contributed by atoms with van der Waals surface area (Å²) in [5.41, 5.74) is 3.99. The fraction of sp³-hybridized carbons (Fsp3) is 0.429. The molecule has 0 bridgehead atoms. The molecule has 9 nitrogen and oxygen atoms in total. The van der Waals surface area contributed by atoms with E-state index in [9.17, 15) is 18.0 Å². The van der Waals surface area contributed by atoms with E-state index in [-0.39, 0.29) is 28.8 Å². The number of amides is 2. The second-order valence-electron chi connectivity index (χ2n) is 10.9. The molecule has 2 fully saturated rings. The first-order valence-electron chi connectivity index (χ1n) is 13.1. The van der Waals surface area contributed by atoms with Crippen LogP contribution in [0.3, 0.4) is 0 Å². The number of aromatic amines is 1. The Morgan fingerprint density at radius 2 is 1.92 bits per heavy atom. The quantitative estimate of drug-likeness (QED) is 0.475. The molecule has 3 heterocycles. The molecule has 2 saturated carbocycles. The van der Waals surface area contributed by atoms with Gasteiger partial charge in [0.1, 0.15) is 11.4 Å². The van der Waals surface area contributed by atoms with E-state index in [1.807, 2.05) is 19.1 Å². The zero-order chi connectivity index (χ0) is 26.8. The zero-order valence-electron chi connectivity index (χ0n) is 21.7. The van der Waals surface area contributed by atoms with Crippen LogP contribution in [0.25, 0.3) is 22.6 Å². The smallest absolute Gasteiger partial charge is 0.269 e. The highest BCUT2D eigenvalue weighted by Gasteiger charge is 2.40. The molecule has 2 aromatic heterocycles. The maximum absolute atomic E-state index is 13.3. The van der Waals surface area contributed by atoms with Crippen LogP contribution in [0.4, 0.5) is 0 Å². The monoisotopic (exact) mass is 533 g/mol. The van der Waals surface area contributed by atoms with E-state index in [2.05, 4.69) is 20.3 Å². The summed E-state index contributed by atoms with van der Waals surface area (Å²) < 4.78 is 25.6. The topological polar surface area (TPSA) is 125 Å². The average molecular weight is 534 g/mol. The Kier molecular flexibility index (Phi) is 5.90. The second kappa shape index (κ2) is 9.04. The van der Waals surface area contributed by atoms with Gasteiger partial charge in [0.2, 0.25) is 0 Å². The number of rotatable bonds is 7. The highest BCUT2D eigenvalue weighted by Crippen LogP contribution is 2.41. The number of aromatic nitrogens is 3. The van der Waals surface area contributed by atoms with Crippen LogP contribution in [0.2, 0.25) is 0 Å². The van der Waals surface area contributed by atoms with E-state index >= 15 is 0 Å². The Hall–Kier alpha value is -3.53. The summed E-state index contributed by atoms with van der Waals surface area (Å²) in [4.78, 5) is 40.0. The standard InChI is InChI=1S/C28H31N5O4S/c1-15-25(27(34)31-21-5-4-6-21)32-26(30-15)22-12-18(9-10-29-22)19-11-20-14-33(16(2)17-7-8-17)28(35)24(20)23(13-19)38(3,36)37/h9-13,16-17,21H,4-8,14H2,1-3H3,(H,30,32)(H,31,34). The minimum Gasteiger partial charge on any atom is -0.348 e. The molecule has 1 aromatic carbocycles. The van der Waals surface area contributed by atoms with Crippen LogP contribution in [-0.4, -0.2) is 58.4 Å². The molecular formula is C28H31N5O4S. The number of hydrogen-bond acceptors (Lipinski definition) is 6. The molecular weight excluding hydrogens is 502 g/mol. The number of H-pyrrole nitrogens is 1. The number of fused-ring (bicyclic) bond motifs is 1. The Labute approximate surface area is 222 Å². The van der Waals surface area contributed by atoms with Crippen molar-refractivity contribution < 1.29 is 18.0 Å². The van der Waals surface area contributed by atoms with Gasteiger partial charge in [-0.3, -0.25) is 14.6 Å². The van der Waals surface area contributed by atoms with Crippen molar-refractivity contribution in [3.8, 4) is 22.6 Å². The van der Waals surface area contributed by atoms with Gasteiger partial charge >= 0.3 is 0 Å². The minimum atomic E-state index is -3.65. The number of nitrogens with zero attached hydrogens (tertiary/aromatic N) is 3. The summed E-state index contributed by atoms with van der Waals surface area (Å²) in [5, 5.41) is 3.03. The largest absolute Gasteiger partial charge is 0.348 e. The number of sulfone groups is 1. The summed E-state index contributed by atoms with van der Waals surface area (Å²) in [5.74, 6) is 0.565. The van der Waals surface area contributed by atoms with Crippen LogP contribution in [-0.2, 0) is 16.4 Å². The fourth-order valence-electron chi connectivity index (χ4n) is 5.41. The number of carbonyl (C=O) groups excluding carboxylic acids is 2. The van der Waals surface area contributed by atoms with E-state index in [1.165, 1.54) is 0 Å². The Balaban J connectivity index is 1.35. The van der Waals surface area contributed by atoms with Gasteiger partial charge in [-0.2, -0.15) is 0 Å². The number of benzene rings is 1. The lowest BCUT2D eigenvalue weighted by molar-refractivity contribution is 0.0694. The van der Waals surface area contributed by atoms with Gasteiger partial charge in [0.05, 0.1) is 16.2 Å². The summed E-state index contributed by atoms with van der Waals surface area (Å²) in [6, 6.07) is 7.41.